The summed E-state index contributed by atoms with van der Waals surface area (Å²) >= 11 is 0. The van der Waals surface area contributed by atoms with E-state index in [-0.39, 0.29) is 0 Å². The maximum absolute atomic E-state index is 10.0. The lowest BCUT2D eigenvalue weighted by Gasteiger charge is -2.25. The zero-order valence-corrected chi connectivity index (χ0v) is 8.75. The van der Waals surface area contributed by atoms with Crippen LogP contribution in [0.1, 0.15) is 13.8 Å². The molecule has 0 aliphatic rings. The SMILES string of the molecule is COCCN(CCNC=O)C(C)C. The van der Waals surface area contributed by atoms with Crippen molar-refractivity contribution in [2.75, 3.05) is 33.4 Å². The highest BCUT2D eigenvalue weighted by Crippen LogP contribution is 1.96. The van der Waals surface area contributed by atoms with E-state index < -0.39 is 0 Å². The first kappa shape index (κ1) is 12.4. The molecule has 0 saturated heterocycles. The average Bonchev–Trinajstić information content (AvgIpc) is 2.10. The van der Waals surface area contributed by atoms with Crippen molar-refractivity contribution in [3.63, 3.8) is 0 Å². The third-order valence-corrected chi connectivity index (χ3v) is 1.94. The van der Waals surface area contributed by atoms with Crippen LogP contribution < -0.4 is 5.32 Å². The van der Waals surface area contributed by atoms with Gasteiger partial charge in [0.1, 0.15) is 0 Å². The summed E-state index contributed by atoms with van der Waals surface area (Å²) in [6.07, 6.45) is 0.731. The standard InChI is InChI=1S/C9H20N2O2/c1-9(2)11(6-7-13-3)5-4-10-8-12/h8-9H,4-7H2,1-3H3,(H,10,12). The molecule has 0 fully saturated rings. The van der Waals surface area contributed by atoms with Gasteiger partial charge in [-0.1, -0.05) is 0 Å². The fourth-order valence-corrected chi connectivity index (χ4v) is 1.10. The molecule has 0 unspecified atom stereocenters. The van der Waals surface area contributed by atoms with Crippen LogP contribution >= 0.6 is 0 Å². The Morgan fingerprint density at radius 2 is 2.15 bits per heavy atom. The van der Waals surface area contributed by atoms with Crippen molar-refractivity contribution < 1.29 is 9.53 Å². The van der Waals surface area contributed by atoms with Gasteiger partial charge in [-0.15, -0.1) is 0 Å². The van der Waals surface area contributed by atoms with Gasteiger partial charge in [0.05, 0.1) is 6.61 Å². The number of carbonyl (C=O) groups excluding carboxylic acids is 1. The summed E-state index contributed by atoms with van der Waals surface area (Å²) in [6, 6.07) is 0.489. The van der Waals surface area contributed by atoms with E-state index in [0.717, 1.165) is 26.1 Å². The molecule has 0 bridgehead atoms. The van der Waals surface area contributed by atoms with Crippen LogP contribution in [0.4, 0.5) is 0 Å². The van der Waals surface area contributed by atoms with E-state index in [4.69, 9.17) is 4.74 Å². The molecule has 1 amide bonds. The number of hydrogen-bond acceptors (Lipinski definition) is 3. The van der Waals surface area contributed by atoms with Crippen molar-refractivity contribution in [3.8, 4) is 0 Å². The second-order valence-corrected chi connectivity index (χ2v) is 3.19. The minimum Gasteiger partial charge on any atom is -0.383 e. The van der Waals surface area contributed by atoms with Gasteiger partial charge in [0.2, 0.25) is 6.41 Å². The summed E-state index contributed by atoms with van der Waals surface area (Å²) in [4.78, 5) is 12.3. The Morgan fingerprint density at radius 1 is 1.46 bits per heavy atom. The van der Waals surface area contributed by atoms with E-state index in [0.29, 0.717) is 12.6 Å². The monoisotopic (exact) mass is 188 g/mol. The van der Waals surface area contributed by atoms with E-state index in [1.165, 1.54) is 0 Å². The molecule has 0 heterocycles. The van der Waals surface area contributed by atoms with Gasteiger partial charge in [-0.2, -0.15) is 0 Å². The Bertz CT molecular complexity index is 129. The summed E-state index contributed by atoms with van der Waals surface area (Å²) in [5.74, 6) is 0. The lowest BCUT2D eigenvalue weighted by Crippen LogP contribution is -2.38. The first-order valence-corrected chi connectivity index (χ1v) is 4.62. The zero-order valence-electron chi connectivity index (χ0n) is 8.75. The molecule has 0 aromatic carbocycles. The van der Waals surface area contributed by atoms with Crippen LogP contribution in [0.15, 0.2) is 0 Å². The van der Waals surface area contributed by atoms with Gasteiger partial charge in [-0.25, -0.2) is 0 Å². The van der Waals surface area contributed by atoms with Crippen LogP contribution in [0.2, 0.25) is 0 Å². The van der Waals surface area contributed by atoms with Gasteiger partial charge in [-0.05, 0) is 13.8 Å². The fraction of sp³-hybridized carbons (Fsp3) is 0.889. The molecule has 4 heteroatoms. The Morgan fingerprint density at radius 3 is 2.62 bits per heavy atom. The number of carbonyl (C=O) groups is 1. The lowest BCUT2D eigenvalue weighted by atomic mass is 10.3. The molecule has 1 N–H and O–H groups in total. The molecule has 0 aromatic heterocycles. The van der Waals surface area contributed by atoms with Gasteiger partial charge < -0.3 is 10.1 Å². The lowest BCUT2D eigenvalue weighted by molar-refractivity contribution is -0.109. The highest BCUT2D eigenvalue weighted by Gasteiger charge is 2.07. The molecule has 0 aromatic rings. The number of rotatable bonds is 8. The summed E-state index contributed by atoms with van der Waals surface area (Å²) in [6.45, 7) is 7.49. The van der Waals surface area contributed by atoms with Crippen LogP contribution in [0.3, 0.4) is 0 Å². The van der Waals surface area contributed by atoms with E-state index in [2.05, 4.69) is 24.1 Å². The first-order valence-electron chi connectivity index (χ1n) is 4.62. The summed E-state index contributed by atoms with van der Waals surface area (Å²) in [5.41, 5.74) is 0. The topological polar surface area (TPSA) is 41.6 Å². The van der Waals surface area contributed by atoms with E-state index in [1.54, 1.807) is 7.11 Å². The van der Waals surface area contributed by atoms with Crippen molar-refractivity contribution in [1.82, 2.24) is 10.2 Å². The van der Waals surface area contributed by atoms with Crippen LogP contribution in [-0.4, -0.2) is 50.7 Å². The Balaban J connectivity index is 3.60. The van der Waals surface area contributed by atoms with E-state index >= 15 is 0 Å². The molecular weight excluding hydrogens is 168 g/mol. The third kappa shape index (κ3) is 6.54. The number of methoxy groups -OCH3 is 1. The van der Waals surface area contributed by atoms with Crippen molar-refractivity contribution in [2.45, 2.75) is 19.9 Å². The normalized spacial score (nSPS) is 10.8. The van der Waals surface area contributed by atoms with Gasteiger partial charge in [0, 0.05) is 32.8 Å². The van der Waals surface area contributed by atoms with Gasteiger partial charge in [0.15, 0.2) is 0 Å². The quantitative estimate of drug-likeness (QED) is 0.433. The molecule has 13 heavy (non-hydrogen) atoms. The molecule has 78 valence electrons. The highest BCUT2D eigenvalue weighted by molar-refractivity contribution is 5.45. The summed E-state index contributed by atoms with van der Waals surface area (Å²) < 4.78 is 5.00. The molecule has 0 spiro atoms. The Kier molecular flexibility index (Phi) is 7.63. The van der Waals surface area contributed by atoms with Crippen molar-refractivity contribution in [1.29, 1.82) is 0 Å². The van der Waals surface area contributed by atoms with Crippen LogP contribution in [0, 0.1) is 0 Å². The predicted octanol–water partition coefficient (Wildman–Crippen LogP) is 0.0892. The molecule has 0 aliphatic heterocycles. The van der Waals surface area contributed by atoms with Gasteiger partial charge in [-0.3, -0.25) is 9.69 Å². The third-order valence-electron chi connectivity index (χ3n) is 1.94. The molecule has 0 aliphatic carbocycles. The van der Waals surface area contributed by atoms with E-state index in [9.17, 15) is 4.79 Å². The molecule has 0 atom stereocenters. The number of ether oxygens (including phenoxy) is 1. The Labute approximate surface area is 80.2 Å². The van der Waals surface area contributed by atoms with Crippen molar-refractivity contribution >= 4 is 6.41 Å². The largest absolute Gasteiger partial charge is 0.383 e. The second-order valence-electron chi connectivity index (χ2n) is 3.19. The number of amides is 1. The molecule has 4 nitrogen and oxygen atoms in total. The second kappa shape index (κ2) is 8.01. The Hall–Kier alpha value is -0.610. The minimum absolute atomic E-state index is 0.489. The number of nitrogens with zero attached hydrogens (tertiary/aromatic N) is 1. The maximum atomic E-state index is 10.0. The van der Waals surface area contributed by atoms with Gasteiger partial charge in [0.25, 0.3) is 0 Å². The predicted molar refractivity (Wildman–Crippen MR) is 52.7 cm³/mol. The average molecular weight is 188 g/mol. The van der Waals surface area contributed by atoms with Crippen LogP contribution in [-0.2, 0) is 9.53 Å². The van der Waals surface area contributed by atoms with Crippen LogP contribution in [0.5, 0.6) is 0 Å². The van der Waals surface area contributed by atoms with Crippen molar-refractivity contribution in [3.05, 3.63) is 0 Å². The minimum atomic E-state index is 0.489. The van der Waals surface area contributed by atoms with Crippen molar-refractivity contribution in [2.24, 2.45) is 0 Å². The smallest absolute Gasteiger partial charge is 0.207 e. The molecule has 0 saturated carbocycles. The van der Waals surface area contributed by atoms with Crippen LogP contribution in [0.25, 0.3) is 0 Å². The summed E-state index contributed by atoms with van der Waals surface area (Å²) in [7, 11) is 1.70. The number of hydrogen-bond donors (Lipinski definition) is 1. The maximum Gasteiger partial charge on any atom is 0.207 e. The molecule has 0 rings (SSSR count). The zero-order chi connectivity index (χ0) is 10.1. The van der Waals surface area contributed by atoms with Gasteiger partial charge >= 0.3 is 0 Å². The van der Waals surface area contributed by atoms with E-state index in [1.807, 2.05) is 0 Å². The highest BCUT2D eigenvalue weighted by atomic mass is 16.5. The molecule has 0 radical (unpaired) electrons. The number of nitrogens with one attached hydrogen (secondary N) is 1. The molecular formula is C9H20N2O2. The summed E-state index contributed by atoms with van der Waals surface area (Å²) in [5, 5.41) is 2.65. The fourth-order valence-electron chi connectivity index (χ4n) is 1.10. The first-order chi connectivity index (χ1) is 6.22.